The number of halogens is 1. The number of aromatic nitrogens is 1. The highest BCUT2D eigenvalue weighted by Crippen LogP contribution is 2.43. The number of aryl methyl sites for hydroxylation is 1. The summed E-state index contributed by atoms with van der Waals surface area (Å²) in [5, 5.41) is 2.74. The molecule has 2 amide bonds. The molecule has 2 saturated heterocycles. The van der Waals surface area contributed by atoms with Crippen LogP contribution in [-0.4, -0.2) is 49.6 Å². The van der Waals surface area contributed by atoms with Crippen molar-refractivity contribution in [3.63, 3.8) is 0 Å². The molecular formula is C31H27FN4O3S. The number of para-hydroxylation sites is 2. The van der Waals surface area contributed by atoms with Gasteiger partial charge in [-0.25, -0.2) is 9.37 Å². The van der Waals surface area contributed by atoms with E-state index >= 15 is 0 Å². The van der Waals surface area contributed by atoms with Crippen molar-refractivity contribution in [3.05, 3.63) is 94.2 Å². The molecule has 7 rings (SSSR count). The number of hydrogen-bond donors (Lipinski definition) is 1. The third kappa shape index (κ3) is 4.17. The summed E-state index contributed by atoms with van der Waals surface area (Å²) >= 11 is 1.36. The lowest BCUT2D eigenvalue weighted by atomic mass is 9.78. The number of fused-ring (bicyclic) bond motifs is 3. The highest BCUT2D eigenvalue weighted by Gasteiger charge is 2.49. The molecule has 7 nitrogen and oxygen atoms in total. The SMILES string of the molecule is Cc1cccc(F)c1NC(=O)c1cc2c(s1)-c1ccccc1N(C(=O)c1cccc(N3CC4(COC4)C3)n1)CC2. The lowest BCUT2D eigenvalue weighted by molar-refractivity contribution is -0.127. The summed E-state index contributed by atoms with van der Waals surface area (Å²) in [6.07, 6.45) is 0.576. The van der Waals surface area contributed by atoms with Gasteiger partial charge in [0, 0.05) is 30.1 Å². The van der Waals surface area contributed by atoms with Gasteiger partial charge in [0.1, 0.15) is 17.3 Å². The Morgan fingerprint density at radius 1 is 1.05 bits per heavy atom. The van der Waals surface area contributed by atoms with Crippen molar-refractivity contribution in [1.29, 1.82) is 0 Å². The van der Waals surface area contributed by atoms with Crippen LogP contribution in [0.1, 0.15) is 31.3 Å². The van der Waals surface area contributed by atoms with Crippen LogP contribution in [0.2, 0.25) is 0 Å². The van der Waals surface area contributed by atoms with Crippen LogP contribution in [0.25, 0.3) is 10.4 Å². The number of benzene rings is 2. The van der Waals surface area contributed by atoms with E-state index in [0.717, 1.165) is 53.8 Å². The summed E-state index contributed by atoms with van der Waals surface area (Å²) < 4.78 is 19.7. The van der Waals surface area contributed by atoms with Crippen molar-refractivity contribution in [1.82, 2.24) is 4.98 Å². The third-order valence-corrected chi connectivity index (χ3v) is 9.14. The maximum absolute atomic E-state index is 14.3. The fourth-order valence-electron chi connectivity index (χ4n) is 5.74. The Labute approximate surface area is 235 Å². The lowest BCUT2D eigenvalue weighted by Gasteiger charge is -2.55. The zero-order valence-corrected chi connectivity index (χ0v) is 22.8. The van der Waals surface area contributed by atoms with Crippen molar-refractivity contribution < 1.29 is 18.7 Å². The van der Waals surface area contributed by atoms with E-state index in [-0.39, 0.29) is 22.9 Å². The summed E-state index contributed by atoms with van der Waals surface area (Å²) in [7, 11) is 0. The predicted molar refractivity (Wildman–Crippen MR) is 154 cm³/mol. The number of hydrogen-bond acceptors (Lipinski definition) is 6. The molecule has 0 radical (unpaired) electrons. The minimum atomic E-state index is -0.464. The van der Waals surface area contributed by atoms with Crippen LogP contribution in [0.15, 0.2) is 66.7 Å². The van der Waals surface area contributed by atoms with Crippen LogP contribution >= 0.6 is 11.3 Å². The molecule has 0 unspecified atom stereocenters. The summed E-state index contributed by atoms with van der Waals surface area (Å²) in [6.45, 7) is 5.60. The summed E-state index contributed by atoms with van der Waals surface area (Å²) in [5.74, 6) is -0.153. The molecule has 1 N–H and O–H groups in total. The second kappa shape index (κ2) is 9.53. The second-order valence-electron chi connectivity index (χ2n) is 10.8. The Morgan fingerprint density at radius 3 is 2.62 bits per heavy atom. The van der Waals surface area contributed by atoms with Crippen LogP contribution in [0.3, 0.4) is 0 Å². The van der Waals surface area contributed by atoms with Gasteiger partial charge in [0.15, 0.2) is 0 Å². The molecule has 9 heteroatoms. The number of rotatable bonds is 4. The third-order valence-electron chi connectivity index (χ3n) is 7.93. The molecule has 3 aliphatic heterocycles. The average Bonchev–Trinajstić information content (AvgIpc) is 3.27. The highest BCUT2D eigenvalue weighted by molar-refractivity contribution is 7.17. The summed E-state index contributed by atoms with van der Waals surface area (Å²) in [4.78, 5) is 37.1. The Kier molecular flexibility index (Phi) is 5.94. The van der Waals surface area contributed by atoms with Gasteiger partial charge >= 0.3 is 0 Å². The van der Waals surface area contributed by atoms with Gasteiger partial charge in [-0.05, 0) is 54.8 Å². The first-order chi connectivity index (χ1) is 19.4. The first kappa shape index (κ1) is 24.9. The fourth-order valence-corrected chi connectivity index (χ4v) is 6.88. The van der Waals surface area contributed by atoms with E-state index in [1.807, 2.05) is 42.5 Å². The first-order valence-corrected chi connectivity index (χ1v) is 14.1. The normalized spacial score (nSPS) is 16.9. The fraction of sp³-hybridized carbons (Fsp3) is 0.258. The van der Waals surface area contributed by atoms with Gasteiger partial charge < -0.3 is 19.9 Å². The molecule has 202 valence electrons. The first-order valence-electron chi connectivity index (χ1n) is 13.3. The number of ether oxygens (including phenoxy) is 1. The quantitative estimate of drug-likeness (QED) is 0.358. The van der Waals surface area contributed by atoms with Crippen molar-refractivity contribution in [2.45, 2.75) is 13.3 Å². The zero-order valence-electron chi connectivity index (χ0n) is 21.9. The standard InChI is InChI=1S/C31H27FN4O3S/c1-19-6-4-8-22(32)27(19)34-29(37)25-14-20-12-13-36(24-10-3-2-7-21(24)28(20)40-25)30(38)23-9-5-11-26(33-23)35-15-31(16-35)17-39-18-31/h2-11,14H,12-13,15-18H2,1H3,(H,34,37). The van der Waals surface area contributed by atoms with Gasteiger partial charge in [0.2, 0.25) is 0 Å². The van der Waals surface area contributed by atoms with Gasteiger partial charge in [-0.1, -0.05) is 36.4 Å². The van der Waals surface area contributed by atoms with Crippen molar-refractivity contribution >= 4 is 40.3 Å². The van der Waals surface area contributed by atoms with Crippen LogP contribution in [0, 0.1) is 18.2 Å². The molecule has 40 heavy (non-hydrogen) atoms. The topological polar surface area (TPSA) is 74.8 Å². The largest absolute Gasteiger partial charge is 0.380 e. The number of pyridine rings is 1. The number of carbonyl (C=O) groups excluding carboxylic acids is 2. The number of nitrogens with zero attached hydrogens (tertiary/aromatic N) is 3. The molecule has 5 heterocycles. The molecule has 4 aromatic rings. The number of thiophene rings is 1. The minimum Gasteiger partial charge on any atom is -0.380 e. The Bertz CT molecular complexity index is 1640. The number of amides is 2. The second-order valence-corrected chi connectivity index (χ2v) is 11.9. The molecule has 0 aliphatic carbocycles. The molecule has 0 saturated carbocycles. The van der Waals surface area contributed by atoms with Gasteiger partial charge in [0.05, 0.1) is 34.9 Å². The van der Waals surface area contributed by atoms with Crippen LogP contribution in [-0.2, 0) is 11.2 Å². The number of carbonyl (C=O) groups is 2. The van der Waals surface area contributed by atoms with E-state index in [0.29, 0.717) is 29.1 Å². The lowest BCUT2D eigenvalue weighted by Crippen LogP contribution is -2.66. The minimum absolute atomic E-state index is 0.153. The van der Waals surface area contributed by atoms with E-state index in [1.54, 1.807) is 30.0 Å². The van der Waals surface area contributed by atoms with Crippen molar-refractivity contribution in [3.8, 4) is 10.4 Å². The van der Waals surface area contributed by atoms with Crippen LogP contribution in [0.5, 0.6) is 0 Å². The van der Waals surface area contributed by atoms with E-state index in [4.69, 9.17) is 9.72 Å². The van der Waals surface area contributed by atoms with E-state index in [2.05, 4.69) is 10.2 Å². The molecule has 2 aromatic heterocycles. The smallest absolute Gasteiger partial charge is 0.276 e. The zero-order chi connectivity index (χ0) is 27.4. The molecular weight excluding hydrogens is 527 g/mol. The van der Waals surface area contributed by atoms with Gasteiger partial charge in [-0.3, -0.25) is 9.59 Å². The highest BCUT2D eigenvalue weighted by atomic mass is 32.1. The molecule has 2 fully saturated rings. The number of nitrogens with one attached hydrogen (secondary N) is 1. The van der Waals surface area contributed by atoms with Gasteiger partial charge in [-0.15, -0.1) is 11.3 Å². The van der Waals surface area contributed by atoms with Gasteiger partial charge in [-0.2, -0.15) is 0 Å². The molecule has 0 atom stereocenters. The van der Waals surface area contributed by atoms with Gasteiger partial charge in [0.25, 0.3) is 11.8 Å². The molecule has 0 bridgehead atoms. The molecule has 2 aromatic carbocycles. The summed E-state index contributed by atoms with van der Waals surface area (Å²) in [5.41, 5.74) is 4.17. The molecule has 3 aliphatic rings. The molecule has 1 spiro atoms. The monoisotopic (exact) mass is 554 g/mol. The maximum Gasteiger partial charge on any atom is 0.276 e. The summed E-state index contributed by atoms with van der Waals surface area (Å²) in [6, 6.07) is 19.9. The van der Waals surface area contributed by atoms with E-state index in [1.165, 1.54) is 17.4 Å². The Balaban J connectivity index is 1.16. The van der Waals surface area contributed by atoms with Crippen molar-refractivity contribution in [2.24, 2.45) is 5.41 Å². The van der Waals surface area contributed by atoms with E-state index < -0.39 is 5.82 Å². The maximum atomic E-state index is 14.3. The Hall–Kier alpha value is -4.08. The van der Waals surface area contributed by atoms with Crippen LogP contribution < -0.4 is 15.1 Å². The average molecular weight is 555 g/mol. The predicted octanol–water partition coefficient (Wildman–Crippen LogP) is 5.55. The van der Waals surface area contributed by atoms with E-state index in [9.17, 15) is 14.0 Å². The Morgan fingerprint density at radius 2 is 1.85 bits per heavy atom. The van der Waals surface area contributed by atoms with Crippen LogP contribution in [0.4, 0.5) is 21.6 Å². The van der Waals surface area contributed by atoms with Crippen molar-refractivity contribution in [2.75, 3.05) is 48.0 Å². The number of anilines is 3.